The molecule has 4 nitrogen and oxygen atoms in total. The zero-order chi connectivity index (χ0) is 12.3. The Morgan fingerprint density at radius 2 is 1.41 bits per heavy atom. The van der Waals surface area contributed by atoms with E-state index in [1.807, 2.05) is 0 Å². The SMILES string of the molecule is Oc1ccc(COc2c(O)cccc2O)cc1. The fraction of sp³-hybridized carbons (Fsp3) is 0.0769. The van der Waals surface area contributed by atoms with E-state index in [-0.39, 0.29) is 29.6 Å². The van der Waals surface area contributed by atoms with Gasteiger partial charge in [-0.25, -0.2) is 0 Å². The van der Waals surface area contributed by atoms with Crippen molar-refractivity contribution in [2.45, 2.75) is 6.61 Å². The van der Waals surface area contributed by atoms with Crippen LogP contribution in [0.25, 0.3) is 0 Å². The first-order chi connectivity index (χ1) is 8.16. The van der Waals surface area contributed by atoms with E-state index in [4.69, 9.17) is 9.84 Å². The van der Waals surface area contributed by atoms with Crippen molar-refractivity contribution in [1.82, 2.24) is 0 Å². The first-order valence-electron chi connectivity index (χ1n) is 5.08. The Balaban J connectivity index is 2.10. The maximum Gasteiger partial charge on any atom is 0.203 e. The van der Waals surface area contributed by atoms with E-state index in [0.29, 0.717) is 0 Å². The average molecular weight is 232 g/mol. The lowest BCUT2D eigenvalue weighted by atomic mass is 10.2. The van der Waals surface area contributed by atoms with Gasteiger partial charge in [0.2, 0.25) is 5.75 Å². The lowest BCUT2D eigenvalue weighted by Crippen LogP contribution is -1.95. The molecule has 17 heavy (non-hydrogen) atoms. The molecule has 0 radical (unpaired) electrons. The van der Waals surface area contributed by atoms with Gasteiger partial charge >= 0.3 is 0 Å². The van der Waals surface area contributed by atoms with Gasteiger partial charge in [-0.05, 0) is 29.8 Å². The molecular formula is C13H12O4. The minimum atomic E-state index is -0.108. The third-order valence-corrected chi connectivity index (χ3v) is 2.29. The first kappa shape index (κ1) is 11.1. The van der Waals surface area contributed by atoms with Crippen molar-refractivity contribution in [2.75, 3.05) is 0 Å². The average Bonchev–Trinajstić information content (AvgIpc) is 2.31. The second kappa shape index (κ2) is 4.65. The molecule has 0 atom stereocenters. The van der Waals surface area contributed by atoms with Crippen molar-refractivity contribution >= 4 is 0 Å². The van der Waals surface area contributed by atoms with Gasteiger partial charge in [0, 0.05) is 0 Å². The molecule has 3 N–H and O–H groups in total. The molecule has 2 aromatic rings. The fourth-order valence-corrected chi connectivity index (χ4v) is 1.41. The quantitative estimate of drug-likeness (QED) is 0.759. The lowest BCUT2D eigenvalue weighted by Gasteiger charge is -2.09. The second-order valence-corrected chi connectivity index (χ2v) is 3.58. The third kappa shape index (κ3) is 2.60. The Hall–Kier alpha value is -2.36. The second-order valence-electron chi connectivity index (χ2n) is 3.58. The smallest absolute Gasteiger partial charge is 0.203 e. The van der Waals surface area contributed by atoms with Crippen LogP contribution >= 0.6 is 0 Å². The van der Waals surface area contributed by atoms with Gasteiger partial charge in [-0.1, -0.05) is 18.2 Å². The summed E-state index contributed by atoms with van der Waals surface area (Å²) >= 11 is 0. The summed E-state index contributed by atoms with van der Waals surface area (Å²) in [5.74, 6) is 0.0206. The highest BCUT2D eigenvalue weighted by molar-refractivity contribution is 5.49. The van der Waals surface area contributed by atoms with Crippen LogP contribution in [0, 0.1) is 0 Å². The molecule has 2 aromatic carbocycles. The number of ether oxygens (including phenoxy) is 1. The van der Waals surface area contributed by atoms with Gasteiger partial charge in [-0.3, -0.25) is 0 Å². The van der Waals surface area contributed by atoms with E-state index in [1.54, 1.807) is 24.3 Å². The molecule has 0 amide bonds. The monoisotopic (exact) mass is 232 g/mol. The van der Waals surface area contributed by atoms with Crippen LogP contribution in [0.1, 0.15) is 5.56 Å². The Labute approximate surface area is 98.3 Å². The normalized spacial score (nSPS) is 10.1. The van der Waals surface area contributed by atoms with Crippen LogP contribution in [0.3, 0.4) is 0 Å². The summed E-state index contributed by atoms with van der Waals surface area (Å²) in [6.45, 7) is 0.200. The van der Waals surface area contributed by atoms with Gasteiger partial charge in [0.25, 0.3) is 0 Å². The van der Waals surface area contributed by atoms with Gasteiger partial charge in [-0.15, -0.1) is 0 Å². The van der Waals surface area contributed by atoms with Crippen molar-refractivity contribution in [3.8, 4) is 23.0 Å². The molecule has 0 saturated carbocycles. The number of hydrogen-bond donors (Lipinski definition) is 3. The Morgan fingerprint density at radius 1 is 0.824 bits per heavy atom. The Morgan fingerprint density at radius 3 is 2.00 bits per heavy atom. The van der Waals surface area contributed by atoms with Gasteiger partial charge in [0.1, 0.15) is 12.4 Å². The van der Waals surface area contributed by atoms with Gasteiger partial charge in [-0.2, -0.15) is 0 Å². The minimum Gasteiger partial charge on any atom is -0.508 e. The number of aromatic hydroxyl groups is 3. The van der Waals surface area contributed by atoms with Crippen LogP contribution in [0.5, 0.6) is 23.0 Å². The number of rotatable bonds is 3. The zero-order valence-electron chi connectivity index (χ0n) is 9.00. The summed E-state index contributed by atoms with van der Waals surface area (Å²) in [7, 11) is 0. The Kier molecular flexibility index (Phi) is 3.05. The number of phenols is 3. The summed E-state index contributed by atoms with van der Waals surface area (Å²) in [6.07, 6.45) is 0. The molecular weight excluding hydrogens is 220 g/mol. The van der Waals surface area contributed by atoms with Gasteiger partial charge in [0.05, 0.1) is 0 Å². The van der Waals surface area contributed by atoms with Gasteiger partial charge in [0.15, 0.2) is 11.5 Å². The van der Waals surface area contributed by atoms with E-state index < -0.39 is 0 Å². The summed E-state index contributed by atoms with van der Waals surface area (Å²) in [5.41, 5.74) is 0.824. The summed E-state index contributed by atoms with van der Waals surface area (Å²) in [5, 5.41) is 28.1. The van der Waals surface area contributed by atoms with Crippen molar-refractivity contribution < 1.29 is 20.1 Å². The first-order valence-corrected chi connectivity index (χ1v) is 5.08. The number of hydrogen-bond acceptors (Lipinski definition) is 4. The van der Waals surface area contributed by atoms with Crippen molar-refractivity contribution in [3.63, 3.8) is 0 Å². The fourth-order valence-electron chi connectivity index (χ4n) is 1.41. The van der Waals surface area contributed by atoms with Crippen LogP contribution in [0.2, 0.25) is 0 Å². The summed E-state index contributed by atoms with van der Waals surface area (Å²) < 4.78 is 5.31. The highest BCUT2D eigenvalue weighted by atomic mass is 16.5. The lowest BCUT2D eigenvalue weighted by molar-refractivity contribution is 0.273. The highest BCUT2D eigenvalue weighted by Crippen LogP contribution is 2.35. The summed E-state index contributed by atoms with van der Waals surface area (Å²) in [6, 6.07) is 10.9. The molecule has 0 aromatic heterocycles. The largest absolute Gasteiger partial charge is 0.508 e. The maximum absolute atomic E-state index is 9.49. The van der Waals surface area contributed by atoms with E-state index in [1.165, 1.54) is 18.2 Å². The summed E-state index contributed by atoms with van der Waals surface area (Å²) in [4.78, 5) is 0. The molecule has 0 aliphatic carbocycles. The Bertz CT molecular complexity index is 485. The molecule has 0 aliphatic heterocycles. The van der Waals surface area contributed by atoms with E-state index in [9.17, 15) is 10.2 Å². The van der Waals surface area contributed by atoms with Crippen LogP contribution in [-0.2, 0) is 6.61 Å². The number of phenolic OH excluding ortho intramolecular Hbond substituents is 3. The van der Waals surface area contributed by atoms with E-state index in [0.717, 1.165) is 5.56 Å². The molecule has 4 heteroatoms. The van der Waals surface area contributed by atoms with E-state index >= 15 is 0 Å². The molecule has 0 bridgehead atoms. The third-order valence-electron chi connectivity index (χ3n) is 2.29. The van der Waals surface area contributed by atoms with Crippen LogP contribution in [-0.4, -0.2) is 15.3 Å². The molecule has 88 valence electrons. The standard InChI is InChI=1S/C13H12O4/c14-10-6-4-9(5-7-10)8-17-13-11(15)2-1-3-12(13)16/h1-7,14-16H,8H2. The number of para-hydroxylation sites is 1. The molecule has 0 heterocycles. The minimum absolute atomic E-state index is 0.0561. The molecule has 2 rings (SSSR count). The molecule has 0 spiro atoms. The van der Waals surface area contributed by atoms with Crippen molar-refractivity contribution in [1.29, 1.82) is 0 Å². The van der Waals surface area contributed by atoms with Gasteiger partial charge < -0.3 is 20.1 Å². The van der Waals surface area contributed by atoms with Crippen molar-refractivity contribution in [2.24, 2.45) is 0 Å². The predicted molar refractivity (Wildman–Crippen MR) is 62.2 cm³/mol. The predicted octanol–water partition coefficient (Wildman–Crippen LogP) is 2.38. The van der Waals surface area contributed by atoms with Crippen LogP contribution in [0.4, 0.5) is 0 Å². The molecule has 0 fully saturated rings. The van der Waals surface area contributed by atoms with E-state index in [2.05, 4.69) is 0 Å². The topological polar surface area (TPSA) is 69.9 Å². The maximum atomic E-state index is 9.49. The molecule has 0 saturated heterocycles. The zero-order valence-corrected chi connectivity index (χ0v) is 9.00. The molecule has 0 aliphatic rings. The molecule has 0 unspecified atom stereocenters. The number of benzene rings is 2. The van der Waals surface area contributed by atoms with Crippen molar-refractivity contribution in [3.05, 3.63) is 48.0 Å². The highest BCUT2D eigenvalue weighted by Gasteiger charge is 2.07. The van der Waals surface area contributed by atoms with Crippen LogP contribution in [0.15, 0.2) is 42.5 Å². The van der Waals surface area contributed by atoms with Crippen LogP contribution < -0.4 is 4.74 Å².